The second-order valence-corrected chi connectivity index (χ2v) is 6.54. The zero-order valence-electron chi connectivity index (χ0n) is 8.44. The molecule has 3 rings (SSSR count). The van der Waals surface area contributed by atoms with E-state index in [4.69, 9.17) is 23.2 Å². The first-order chi connectivity index (χ1) is 8.00. The number of benzene rings is 2. The molecule has 0 radical (unpaired) electrons. The molecule has 0 atom stereocenters. The molecule has 0 aromatic heterocycles. The normalized spacial score (nSPS) is 15.4. The Labute approximate surface area is 109 Å². The predicted octanol–water partition coefficient (Wildman–Crippen LogP) is 3.81. The monoisotopic (exact) mass is 284 g/mol. The van der Waals surface area contributed by atoms with E-state index in [0.717, 1.165) is 0 Å². The first-order valence-electron chi connectivity index (χ1n) is 4.85. The van der Waals surface area contributed by atoms with Crippen LogP contribution in [-0.4, -0.2) is 8.42 Å². The van der Waals surface area contributed by atoms with Crippen molar-refractivity contribution >= 4 is 33.0 Å². The third-order valence-electron chi connectivity index (χ3n) is 2.76. The molecule has 2 aromatic carbocycles. The van der Waals surface area contributed by atoms with E-state index in [1.807, 2.05) is 0 Å². The van der Waals surface area contributed by atoms with E-state index in [2.05, 4.69) is 0 Å². The van der Waals surface area contributed by atoms with Gasteiger partial charge in [0.2, 0.25) is 9.84 Å². The molecule has 0 aliphatic carbocycles. The van der Waals surface area contributed by atoms with E-state index in [1.165, 1.54) is 12.1 Å². The summed E-state index contributed by atoms with van der Waals surface area (Å²) in [5.74, 6) is 0. The summed E-state index contributed by atoms with van der Waals surface area (Å²) >= 11 is 11.7. The third-order valence-corrected chi connectivity index (χ3v) is 5.06. The van der Waals surface area contributed by atoms with Gasteiger partial charge >= 0.3 is 0 Å². The molecule has 17 heavy (non-hydrogen) atoms. The SMILES string of the molecule is O=S1(=O)c2cc(Cl)ccc2-c2ccc(Cl)cc21. The van der Waals surface area contributed by atoms with Crippen molar-refractivity contribution in [2.45, 2.75) is 9.79 Å². The summed E-state index contributed by atoms with van der Waals surface area (Å²) in [7, 11) is -3.48. The van der Waals surface area contributed by atoms with Crippen molar-refractivity contribution in [1.29, 1.82) is 0 Å². The molecule has 0 fully saturated rings. The molecular formula is C12H6Cl2O2S. The number of fused-ring (bicyclic) bond motifs is 3. The Bertz CT molecular complexity index is 679. The largest absolute Gasteiger partial charge is 0.218 e. The lowest BCUT2D eigenvalue weighted by atomic mass is 10.1. The van der Waals surface area contributed by atoms with Gasteiger partial charge in [0.1, 0.15) is 0 Å². The van der Waals surface area contributed by atoms with Crippen molar-refractivity contribution in [1.82, 2.24) is 0 Å². The minimum absolute atomic E-state index is 0.252. The van der Waals surface area contributed by atoms with Crippen molar-refractivity contribution in [2.75, 3.05) is 0 Å². The van der Waals surface area contributed by atoms with Gasteiger partial charge in [-0.05, 0) is 24.3 Å². The van der Waals surface area contributed by atoms with Crippen molar-refractivity contribution in [3.63, 3.8) is 0 Å². The molecule has 0 saturated carbocycles. The highest BCUT2D eigenvalue weighted by atomic mass is 35.5. The Hall–Kier alpha value is -1.03. The summed E-state index contributed by atoms with van der Waals surface area (Å²) in [6.45, 7) is 0. The van der Waals surface area contributed by atoms with Crippen LogP contribution in [0.3, 0.4) is 0 Å². The fourth-order valence-corrected chi connectivity index (χ4v) is 4.21. The van der Waals surface area contributed by atoms with E-state index in [1.54, 1.807) is 24.3 Å². The quantitative estimate of drug-likeness (QED) is 0.629. The van der Waals surface area contributed by atoms with Gasteiger partial charge in [-0.2, -0.15) is 0 Å². The predicted molar refractivity (Wildman–Crippen MR) is 67.3 cm³/mol. The summed E-state index contributed by atoms with van der Waals surface area (Å²) < 4.78 is 24.5. The maximum Gasteiger partial charge on any atom is 0.207 e. The maximum absolute atomic E-state index is 12.3. The molecule has 0 saturated heterocycles. The number of rotatable bonds is 0. The van der Waals surface area contributed by atoms with Crippen LogP contribution in [-0.2, 0) is 9.84 Å². The molecule has 0 N–H and O–H groups in total. The highest BCUT2D eigenvalue weighted by Gasteiger charge is 2.32. The molecule has 0 spiro atoms. The van der Waals surface area contributed by atoms with Gasteiger partial charge in [0.15, 0.2) is 0 Å². The molecule has 1 aliphatic rings. The van der Waals surface area contributed by atoms with Crippen LogP contribution in [0.15, 0.2) is 46.2 Å². The molecule has 2 aromatic rings. The van der Waals surface area contributed by atoms with E-state index < -0.39 is 9.84 Å². The summed E-state index contributed by atoms with van der Waals surface area (Å²) in [6, 6.07) is 9.74. The minimum atomic E-state index is -3.48. The minimum Gasteiger partial charge on any atom is -0.218 e. The molecule has 0 unspecified atom stereocenters. The van der Waals surface area contributed by atoms with Gasteiger partial charge < -0.3 is 0 Å². The van der Waals surface area contributed by atoms with E-state index >= 15 is 0 Å². The van der Waals surface area contributed by atoms with Crippen LogP contribution < -0.4 is 0 Å². The van der Waals surface area contributed by atoms with Gasteiger partial charge in [0.05, 0.1) is 9.79 Å². The fraction of sp³-hybridized carbons (Fsp3) is 0. The van der Waals surface area contributed by atoms with Gasteiger partial charge in [-0.25, -0.2) is 8.42 Å². The summed E-state index contributed by atoms with van der Waals surface area (Å²) in [4.78, 5) is 0.504. The van der Waals surface area contributed by atoms with Gasteiger partial charge in [0.25, 0.3) is 0 Å². The van der Waals surface area contributed by atoms with E-state index in [0.29, 0.717) is 21.2 Å². The Morgan fingerprint density at radius 1 is 0.765 bits per heavy atom. The van der Waals surface area contributed by atoms with Crippen LogP contribution in [0, 0.1) is 0 Å². The van der Waals surface area contributed by atoms with Gasteiger partial charge in [-0.1, -0.05) is 35.3 Å². The van der Waals surface area contributed by atoms with Crippen molar-refractivity contribution < 1.29 is 8.42 Å². The average Bonchev–Trinajstić information content (AvgIpc) is 2.49. The number of halogens is 2. The lowest BCUT2D eigenvalue weighted by molar-refractivity contribution is 0.598. The van der Waals surface area contributed by atoms with Crippen LogP contribution in [0.25, 0.3) is 11.1 Å². The first kappa shape index (κ1) is 11.1. The smallest absolute Gasteiger partial charge is 0.207 e. The Kier molecular flexibility index (Phi) is 2.27. The van der Waals surface area contributed by atoms with Gasteiger partial charge in [-0.3, -0.25) is 0 Å². The lowest BCUT2D eigenvalue weighted by Gasteiger charge is -1.98. The second-order valence-electron chi connectivity index (χ2n) is 3.78. The molecule has 1 aliphatic heterocycles. The second kappa shape index (κ2) is 3.48. The van der Waals surface area contributed by atoms with E-state index in [9.17, 15) is 8.42 Å². The van der Waals surface area contributed by atoms with Crippen molar-refractivity contribution in [3.05, 3.63) is 46.4 Å². The van der Waals surface area contributed by atoms with Crippen LogP contribution in [0.2, 0.25) is 10.0 Å². The van der Waals surface area contributed by atoms with Gasteiger partial charge in [-0.15, -0.1) is 0 Å². The van der Waals surface area contributed by atoms with Gasteiger partial charge in [0, 0.05) is 21.2 Å². The van der Waals surface area contributed by atoms with E-state index in [-0.39, 0.29) is 9.79 Å². The highest BCUT2D eigenvalue weighted by molar-refractivity contribution is 7.92. The molecule has 5 heteroatoms. The number of hydrogen-bond donors (Lipinski definition) is 0. The van der Waals surface area contributed by atoms with Crippen LogP contribution in [0.1, 0.15) is 0 Å². The lowest BCUT2D eigenvalue weighted by Crippen LogP contribution is -1.96. The molecule has 86 valence electrons. The molecule has 1 heterocycles. The Morgan fingerprint density at radius 3 is 1.59 bits per heavy atom. The Morgan fingerprint density at radius 2 is 1.18 bits per heavy atom. The first-order valence-corrected chi connectivity index (χ1v) is 7.08. The third kappa shape index (κ3) is 1.50. The summed E-state index contributed by atoms with van der Waals surface area (Å²) in [6.07, 6.45) is 0. The average molecular weight is 285 g/mol. The molecular weight excluding hydrogens is 279 g/mol. The summed E-state index contributed by atoms with van der Waals surface area (Å²) in [5, 5.41) is 0.817. The molecule has 2 nitrogen and oxygen atoms in total. The Balaban J connectivity index is 2.46. The highest BCUT2D eigenvalue weighted by Crippen LogP contribution is 2.44. The zero-order chi connectivity index (χ0) is 12.2. The van der Waals surface area contributed by atoms with Crippen LogP contribution in [0.4, 0.5) is 0 Å². The fourth-order valence-electron chi connectivity index (χ4n) is 2.00. The zero-order valence-corrected chi connectivity index (χ0v) is 10.8. The maximum atomic E-state index is 12.3. The van der Waals surface area contributed by atoms with Crippen LogP contribution >= 0.6 is 23.2 Å². The number of hydrogen-bond acceptors (Lipinski definition) is 2. The topological polar surface area (TPSA) is 34.1 Å². The molecule has 0 amide bonds. The number of sulfone groups is 1. The van der Waals surface area contributed by atoms with Crippen molar-refractivity contribution in [2.24, 2.45) is 0 Å². The van der Waals surface area contributed by atoms with Crippen molar-refractivity contribution in [3.8, 4) is 11.1 Å². The molecule has 0 bridgehead atoms. The van der Waals surface area contributed by atoms with Crippen LogP contribution in [0.5, 0.6) is 0 Å². The standard InChI is InChI=1S/C12H6Cl2O2S/c13-7-1-3-9-10-4-2-8(14)6-12(10)17(15,16)11(9)5-7/h1-6H. The summed E-state index contributed by atoms with van der Waals surface area (Å²) in [5.41, 5.74) is 1.36.